The summed E-state index contributed by atoms with van der Waals surface area (Å²) in [5.74, 6) is -0.829. The molecular weight excluding hydrogens is 326 g/mol. The van der Waals surface area contributed by atoms with Gasteiger partial charge in [-0.3, -0.25) is 25.4 Å². The van der Waals surface area contributed by atoms with E-state index in [9.17, 15) is 9.59 Å². The Morgan fingerprint density at radius 2 is 1.67 bits per heavy atom. The van der Waals surface area contributed by atoms with Crippen molar-refractivity contribution in [2.75, 3.05) is 0 Å². The number of amides is 2. The van der Waals surface area contributed by atoms with E-state index in [1.165, 1.54) is 0 Å². The highest BCUT2D eigenvalue weighted by atomic mass is 35.5. The van der Waals surface area contributed by atoms with Crippen molar-refractivity contribution >= 4 is 34.3 Å². The Kier molecular flexibility index (Phi) is 4.44. The fourth-order valence-corrected chi connectivity index (χ4v) is 2.50. The normalized spacial score (nSPS) is 10.4. The van der Waals surface area contributed by atoms with Crippen molar-refractivity contribution in [2.24, 2.45) is 0 Å². The van der Waals surface area contributed by atoms with E-state index in [4.69, 9.17) is 11.6 Å². The summed E-state index contributed by atoms with van der Waals surface area (Å²) in [6.45, 7) is 1.74. The lowest BCUT2D eigenvalue weighted by Gasteiger charge is -2.10. The molecule has 0 aliphatic rings. The maximum absolute atomic E-state index is 12.3. The lowest BCUT2D eigenvalue weighted by Crippen LogP contribution is -2.41. The topological polar surface area (TPSA) is 71.1 Å². The summed E-state index contributed by atoms with van der Waals surface area (Å²) in [4.78, 5) is 28.7. The largest absolute Gasteiger partial charge is 0.271 e. The second kappa shape index (κ2) is 6.68. The first-order valence-electron chi connectivity index (χ1n) is 7.27. The molecule has 0 aliphatic heterocycles. The van der Waals surface area contributed by atoms with Gasteiger partial charge >= 0.3 is 0 Å². The third-order valence-corrected chi connectivity index (χ3v) is 3.77. The molecular formula is C18H14ClN3O2. The van der Waals surface area contributed by atoms with Gasteiger partial charge in [-0.1, -0.05) is 29.8 Å². The second-order valence-electron chi connectivity index (χ2n) is 5.23. The van der Waals surface area contributed by atoms with Gasteiger partial charge in [0.1, 0.15) is 0 Å². The van der Waals surface area contributed by atoms with E-state index < -0.39 is 11.8 Å². The van der Waals surface area contributed by atoms with Gasteiger partial charge in [0.2, 0.25) is 0 Å². The molecule has 120 valence electrons. The van der Waals surface area contributed by atoms with Gasteiger partial charge in [-0.05, 0) is 43.3 Å². The Morgan fingerprint density at radius 3 is 2.42 bits per heavy atom. The number of hydrazine groups is 1. The number of carbonyl (C=O) groups excluding carboxylic acids is 2. The molecule has 0 spiro atoms. The van der Waals surface area contributed by atoms with Crippen LogP contribution in [0.4, 0.5) is 0 Å². The van der Waals surface area contributed by atoms with Gasteiger partial charge in [-0.15, -0.1) is 0 Å². The molecule has 0 bridgehead atoms. The molecule has 2 N–H and O–H groups in total. The van der Waals surface area contributed by atoms with Gasteiger partial charge in [0.05, 0.1) is 16.8 Å². The highest BCUT2D eigenvalue weighted by molar-refractivity contribution is 6.31. The lowest BCUT2D eigenvalue weighted by atomic mass is 10.1. The second-order valence-corrected chi connectivity index (χ2v) is 5.67. The summed E-state index contributed by atoms with van der Waals surface area (Å²) >= 11 is 5.98. The van der Waals surface area contributed by atoms with E-state index in [-0.39, 0.29) is 0 Å². The molecule has 0 unspecified atom stereocenters. The minimum absolute atomic E-state index is 0.373. The highest BCUT2D eigenvalue weighted by Crippen LogP contribution is 2.20. The molecule has 0 saturated carbocycles. The Hall–Kier alpha value is -2.92. The summed E-state index contributed by atoms with van der Waals surface area (Å²) in [5, 5.41) is 1.32. The molecule has 3 rings (SSSR count). The molecule has 24 heavy (non-hydrogen) atoms. The number of halogens is 1. The molecule has 1 heterocycles. The van der Waals surface area contributed by atoms with Crippen molar-refractivity contribution in [3.8, 4) is 0 Å². The van der Waals surface area contributed by atoms with Gasteiger partial charge in [0.25, 0.3) is 11.8 Å². The first-order valence-corrected chi connectivity index (χ1v) is 7.65. The highest BCUT2D eigenvalue weighted by Gasteiger charge is 2.13. The standard InChI is InChI=1S/C18H14ClN3O2/c1-11-15(10-13-9-14(19)7-8-16(13)20-11)18(24)22-21-17(23)12-5-3-2-4-6-12/h2-10H,1H3,(H,21,23)(H,22,24). The molecule has 0 fully saturated rings. The molecule has 2 amide bonds. The van der Waals surface area contributed by atoms with Crippen LogP contribution in [0.3, 0.4) is 0 Å². The molecule has 0 atom stereocenters. The Bertz CT molecular complexity index is 926. The maximum Gasteiger partial charge on any atom is 0.271 e. The van der Waals surface area contributed by atoms with Crippen molar-refractivity contribution in [1.82, 2.24) is 15.8 Å². The predicted octanol–water partition coefficient (Wildman–Crippen LogP) is 3.27. The molecule has 1 aromatic heterocycles. The van der Waals surface area contributed by atoms with Crippen LogP contribution in [0.15, 0.2) is 54.6 Å². The molecule has 6 heteroatoms. The number of nitrogens with zero attached hydrogens (tertiary/aromatic N) is 1. The zero-order valence-corrected chi connectivity index (χ0v) is 13.6. The van der Waals surface area contributed by atoms with Gasteiger partial charge < -0.3 is 0 Å². The number of rotatable bonds is 2. The van der Waals surface area contributed by atoms with Crippen LogP contribution >= 0.6 is 11.6 Å². The number of fused-ring (bicyclic) bond motifs is 1. The van der Waals surface area contributed by atoms with Crippen LogP contribution < -0.4 is 10.9 Å². The predicted molar refractivity (Wildman–Crippen MR) is 92.9 cm³/mol. The Morgan fingerprint density at radius 1 is 0.958 bits per heavy atom. The monoisotopic (exact) mass is 339 g/mol. The number of benzene rings is 2. The first kappa shape index (κ1) is 16.0. The van der Waals surface area contributed by atoms with Crippen LogP contribution in [0, 0.1) is 6.92 Å². The number of aromatic nitrogens is 1. The van der Waals surface area contributed by atoms with Gasteiger partial charge in [0.15, 0.2) is 0 Å². The van der Waals surface area contributed by atoms with E-state index in [2.05, 4.69) is 15.8 Å². The minimum atomic E-state index is -0.439. The maximum atomic E-state index is 12.3. The van der Waals surface area contributed by atoms with Crippen LogP contribution in [0.1, 0.15) is 26.4 Å². The van der Waals surface area contributed by atoms with E-state index in [0.717, 1.165) is 10.9 Å². The Labute approximate surface area is 143 Å². The number of pyridine rings is 1. The molecule has 2 aromatic carbocycles. The Balaban J connectivity index is 1.78. The summed E-state index contributed by atoms with van der Waals surface area (Å²) in [6, 6.07) is 15.6. The zero-order chi connectivity index (χ0) is 17.1. The average Bonchev–Trinajstić information content (AvgIpc) is 2.60. The van der Waals surface area contributed by atoms with Crippen molar-refractivity contribution in [3.63, 3.8) is 0 Å². The van der Waals surface area contributed by atoms with Crippen molar-refractivity contribution in [3.05, 3.63) is 76.4 Å². The quantitative estimate of drug-likeness (QED) is 0.704. The zero-order valence-electron chi connectivity index (χ0n) is 12.8. The van der Waals surface area contributed by atoms with Crippen LogP contribution in [0.5, 0.6) is 0 Å². The van der Waals surface area contributed by atoms with Crippen LogP contribution in [0.2, 0.25) is 5.02 Å². The van der Waals surface area contributed by atoms with Crippen molar-refractivity contribution < 1.29 is 9.59 Å². The van der Waals surface area contributed by atoms with Gasteiger partial charge in [-0.2, -0.15) is 0 Å². The number of carbonyl (C=O) groups is 2. The van der Waals surface area contributed by atoms with E-state index >= 15 is 0 Å². The number of hydrogen-bond acceptors (Lipinski definition) is 3. The summed E-state index contributed by atoms with van der Waals surface area (Å²) in [5.41, 5.74) is 6.94. The molecule has 0 saturated heterocycles. The van der Waals surface area contributed by atoms with Crippen LogP contribution in [-0.4, -0.2) is 16.8 Å². The van der Waals surface area contributed by atoms with E-state index in [1.807, 2.05) is 6.07 Å². The average molecular weight is 340 g/mol. The fraction of sp³-hybridized carbons (Fsp3) is 0.0556. The third kappa shape index (κ3) is 3.36. The summed E-state index contributed by atoms with van der Waals surface area (Å²) < 4.78 is 0. The van der Waals surface area contributed by atoms with Crippen molar-refractivity contribution in [1.29, 1.82) is 0 Å². The molecule has 0 radical (unpaired) electrons. The lowest BCUT2D eigenvalue weighted by molar-refractivity contribution is 0.0846. The molecule has 3 aromatic rings. The summed E-state index contributed by atoms with van der Waals surface area (Å²) in [7, 11) is 0. The van der Waals surface area contributed by atoms with Crippen LogP contribution in [-0.2, 0) is 0 Å². The van der Waals surface area contributed by atoms with E-state index in [0.29, 0.717) is 21.8 Å². The van der Waals surface area contributed by atoms with Gasteiger partial charge in [-0.25, -0.2) is 0 Å². The van der Waals surface area contributed by atoms with E-state index in [1.54, 1.807) is 55.5 Å². The molecule has 5 nitrogen and oxygen atoms in total. The first-order chi connectivity index (χ1) is 11.5. The minimum Gasteiger partial charge on any atom is -0.267 e. The van der Waals surface area contributed by atoms with Crippen LogP contribution in [0.25, 0.3) is 10.9 Å². The fourth-order valence-electron chi connectivity index (χ4n) is 2.32. The number of aryl methyl sites for hydroxylation is 1. The third-order valence-electron chi connectivity index (χ3n) is 3.54. The SMILES string of the molecule is Cc1nc2ccc(Cl)cc2cc1C(=O)NNC(=O)c1ccccc1. The number of nitrogens with one attached hydrogen (secondary N) is 2. The number of hydrogen-bond donors (Lipinski definition) is 2. The summed E-state index contributed by atoms with van der Waals surface area (Å²) in [6.07, 6.45) is 0. The van der Waals surface area contributed by atoms with Gasteiger partial charge in [0, 0.05) is 16.0 Å². The van der Waals surface area contributed by atoms with Crippen molar-refractivity contribution in [2.45, 2.75) is 6.92 Å². The molecule has 0 aliphatic carbocycles. The smallest absolute Gasteiger partial charge is 0.267 e.